The summed E-state index contributed by atoms with van der Waals surface area (Å²) in [6.07, 6.45) is 3.81. The van der Waals surface area contributed by atoms with Gasteiger partial charge in [-0.1, -0.05) is 0 Å². The van der Waals surface area contributed by atoms with Gasteiger partial charge in [-0.05, 0) is 30.4 Å². The van der Waals surface area contributed by atoms with Crippen molar-refractivity contribution in [2.45, 2.75) is 0 Å². The predicted octanol–water partition coefficient (Wildman–Crippen LogP) is 1.92. The number of carbonyl (C=O) groups is 1. The fraction of sp³-hybridized carbons (Fsp3) is 0.182. The average Bonchev–Trinajstić information content (AvgIpc) is 2.25. The van der Waals surface area contributed by atoms with Crippen LogP contribution in [0.2, 0.25) is 0 Å². The molecule has 3 heteroatoms. The van der Waals surface area contributed by atoms with Crippen molar-refractivity contribution in [2.24, 2.45) is 0 Å². The topological polar surface area (TPSA) is 35.5 Å². The Bertz CT molecular complexity index is 342. The molecule has 0 spiro atoms. The Morgan fingerprint density at radius 3 is 2.57 bits per heavy atom. The van der Waals surface area contributed by atoms with E-state index in [2.05, 4.69) is 0 Å². The molecule has 14 heavy (non-hydrogen) atoms. The number of rotatable bonds is 4. The summed E-state index contributed by atoms with van der Waals surface area (Å²) in [4.78, 5) is 10.2. The van der Waals surface area contributed by atoms with Gasteiger partial charge >= 0.3 is 0 Å². The van der Waals surface area contributed by atoms with Gasteiger partial charge in [-0.15, -0.1) is 0 Å². The lowest BCUT2D eigenvalue weighted by Crippen LogP contribution is -1.89. The zero-order valence-electron chi connectivity index (χ0n) is 8.19. The lowest BCUT2D eigenvalue weighted by atomic mass is 10.2. The third kappa shape index (κ3) is 2.36. The lowest BCUT2D eigenvalue weighted by Gasteiger charge is -2.06. The van der Waals surface area contributed by atoms with Crippen molar-refractivity contribution >= 4 is 12.4 Å². The monoisotopic (exact) mass is 192 g/mol. The summed E-state index contributed by atoms with van der Waals surface area (Å²) in [6, 6.07) is 5.40. The second-order valence-electron chi connectivity index (χ2n) is 2.60. The Morgan fingerprint density at radius 2 is 2.00 bits per heavy atom. The summed E-state index contributed by atoms with van der Waals surface area (Å²) in [7, 11) is 3.18. The lowest BCUT2D eigenvalue weighted by molar-refractivity contribution is -0.104. The van der Waals surface area contributed by atoms with Crippen LogP contribution in [0.3, 0.4) is 0 Å². The first-order valence-corrected chi connectivity index (χ1v) is 4.15. The van der Waals surface area contributed by atoms with Gasteiger partial charge < -0.3 is 9.47 Å². The molecule has 1 rings (SSSR count). The first-order valence-electron chi connectivity index (χ1n) is 4.15. The maximum absolute atomic E-state index is 10.2. The van der Waals surface area contributed by atoms with Gasteiger partial charge in [0.15, 0.2) is 0 Å². The summed E-state index contributed by atoms with van der Waals surface area (Å²) in [5, 5.41) is 0. The van der Waals surface area contributed by atoms with Crippen LogP contribution in [0.25, 0.3) is 6.08 Å². The van der Waals surface area contributed by atoms with Gasteiger partial charge in [0.1, 0.15) is 17.8 Å². The number of aldehydes is 1. The molecule has 0 aromatic heterocycles. The molecule has 0 fully saturated rings. The smallest absolute Gasteiger partial charge is 0.142 e. The molecule has 0 atom stereocenters. The summed E-state index contributed by atoms with van der Waals surface area (Å²) >= 11 is 0. The highest BCUT2D eigenvalue weighted by Gasteiger charge is 2.00. The molecule has 3 nitrogen and oxygen atoms in total. The van der Waals surface area contributed by atoms with Crippen LogP contribution in [0, 0.1) is 0 Å². The fourth-order valence-electron chi connectivity index (χ4n) is 1.11. The number of benzene rings is 1. The van der Waals surface area contributed by atoms with Crippen molar-refractivity contribution in [1.82, 2.24) is 0 Å². The van der Waals surface area contributed by atoms with Crippen molar-refractivity contribution in [3.05, 3.63) is 29.8 Å². The van der Waals surface area contributed by atoms with Gasteiger partial charge in [-0.25, -0.2) is 0 Å². The molecular formula is C11H12O3. The van der Waals surface area contributed by atoms with Gasteiger partial charge in [0.25, 0.3) is 0 Å². The van der Waals surface area contributed by atoms with Gasteiger partial charge in [-0.3, -0.25) is 4.79 Å². The number of hydrogen-bond acceptors (Lipinski definition) is 3. The molecule has 74 valence electrons. The van der Waals surface area contributed by atoms with Crippen LogP contribution in [0.15, 0.2) is 24.3 Å². The molecule has 0 saturated carbocycles. The molecule has 0 saturated heterocycles. The molecule has 0 radical (unpaired) electrons. The van der Waals surface area contributed by atoms with Gasteiger partial charge in [0.05, 0.1) is 14.2 Å². The van der Waals surface area contributed by atoms with E-state index >= 15 is 0 Å². The van der Waals surface area contributed by atoms with Crippen LogP contribution in [0.1, 0.15) is 5.56 Å². The highest BCUT2D eigenvalue weighted by atomic mass is 16.5. The molecule has 0 heterocycles. The second kappa shape index (κ2) is 5.07. The Morgan fingerprint density at radius 1 is 1.21 bits per heavy atom. The molecule has 0 unspecified atom stereocenters. The van der Waals surface area contributed by atoms with Crippen LogP contribution in [-0.2, 0) is 4.79 Å². The molecule has 1 aromatic rings. The average molecular weight is 192 g/mol. The highest BCUT2D eigenvalue weighted by molar-refractivity contribution is 5.75. The third-order valence-corrected chi connectivity index (χ3v) is 1.79. The molecule has 0 amide bonds. The first-order chi connectivity index (χ1) is 6.81. The molecule has 0 aliphatic carbocycles. The van der Waals surface area contributed by atoms with E-state index in [-0.39, 0.29) is 0 Å². The van der Waals surface area contributed by atoms with Crippen LogP contribution < -0.4 is 9.47 Å². The van der Waals surface area contributed by atoms with Crippen LogP contribution >= 0.6 is 0 Å². The van der Waals surface area contributed by atoms with Crippen molar-refractivity contribution in [2.75, 3.05) is 14.2 Å². The fourth-order valence-corrected chi connectivity index (χ4v) is 1.11. The molecule has 0 N–H and O–H groups in total. The quantitative estimate of drug-likeness (QED) is 0.540. The number of hydrogen-bond donors (Lipinski definition) is 0. The van der Waals surface area contributed by atoms with Crippen molar-refractivity contribution in [3.63, 3.8) is 0 Å². The van der Waals surface area contributed by atoms with Crippen LogP contribution in [0.4, 0.5) is 0 Å². The number of methoxy groups -OCH3 is 2. The summed E-state index contributed by atoms with van der Waals surface area (Å²) in [5.41, 5.74) is 0.818. The summed E-state index contributed by atoms with van der Waals surface area (Å²) < 4.78 is 10.2. The predicted molar refractivity (Wildman–Crippen MR) is 54.6 cm³/mol. The van der Waals surface area contributed by atoms with E-state index < -0.39 is 0 Å². The van der Waals surface area contributed by atoms with E-state index in [1.165, 1.54) is 6.08 Å². The van der Waals surface area contributed by atoms with E-state index in [1.54, 1.807) is 38.5 Å². The third-order valence-electron chi connectivity index (χ3n) is 1.79. The van der Waals surface area contributed by atoms with Crippen molar-refractivity contribution in [3.8, 4) is 11.5 Å². The normalized spacial score (nSPS) is 10.1. The standard InChI is InChI=1S/C11H12O3/c1-13-10-5-6-11(14-2)9(8-10)4-3-7-12/h3-8H,1-2H3/b4-3-. The number of allylic oxidation sites excluding steroid dienone is 1. The zero-order valence-corrected chi connectivity index (χ0v) is 8.19. The second-order valence-corrected chi connectivity index (χ2v) is 2.60. The minimum absolute atomic E-state index is 0.712. The summed E-state index contributed by atoms with van der Waals surface area (Å²) in [6.45, 7) is 0. The molecule has 1 aromatic carbocycles. The Hall–Kier alpha value is -1.77. The minimum atomic E-state index is 0.712. The van der Waals surface area contributed by atoms with E-state index in [1.807, 2.05) is 0 Å². The van der Waals surface area contributed by atoms with Gasteiger partial charge in [0, 0.05) is 5.56 Å². The van der Waals surface area contributed by atoms with Crippen molar-refractivity contribution in [1.29, 1.82) is 0 Å². The Labute approximate surface area is 83.0 Å². The maximum atomic E-state index is 10.2. The van der Waals surface area contributed by atoms with Gasteiger partial charge in [-0.2, -0.15) is 0 Å². The van der Waals surface area contributed by atoms with E-state index in [0.29, 0.717) is 5.75 Å². The van der Waals surface area contributed by atoms with Crippen LogP contribution in [-0.4, -0.2) is 20.5 Å². The van der Waals surface area contributed by atoms with E-state index in [0.717, 1.165) is 17.6 Å². The molecular weight excluding hydrogens is 180 g/mol. The highest BCUT2D eigenvalue weighted by Crippen LogP contribution is 2.24. The maximum Gasteiger partial charge on any atom is 0.142 e. The summed E-state index contributed by atoms with van der Waals surface area (Å²) in [5.74, 6) is 1.44. The van der Waals surface area contributed by atoms with Crippen LogP contribution in [0.5, 0.6) is 11.5 Å². The Balaban J connectivity index is 3.07. The number of ether oxygens (including phenoxy) is 2. The molecule has 0 aliphatic rings. The molecule has 0 bridgehead atoms. The zero-order chi connectivity index (χ0) is 10.4. The molecule has 0 aliphatic heterocycles. The van der Waals surface area contributed by atoms with E-state index in [9.17, 15) is 4.79 Å². The van der Waals surface area contributed by atoms with Gasteiger partial charge in [0.2, 0.25) is 0 Å². The largest absolute Gasteiger partial charge is 0.497 e. The first kappa shape index (κ1) is 10.3. The SMILES string of the molecule is COc1ccc(OC)c(/C=C\C=O)c1. The van der Waals surface area contributed by atoms with E-state index in [4.69, 9.17) is 9.47 Å². The minimum Gasteiger partial charge on any atom is -0.497 e. The van der Waals surface area contributed by atoms with Crippen molar-refractivity contribution < 1.29 is 14.3 Å². The number of carbonyl (C=O) groups excluding carboxylic acids is 1. The Kier molecular flexibility index (Phi) is 3.73.